The molecule has 2 aromatic heterocycles. The van der Waals surface area contributed by atoms with E-state index in [1.54, 1.807) is 26.8 Å². The normalized spacial score (nSPS) is 11.8. The molecule has 2 heterocycles. The van der Waals surface area contributed by atoms with E-state index in [9.17, 15) is 9.59 Å². The number of aromatic amines is 1. The summed E-state index contributed by atoms with van der Waals surface area (Å²) in [6, 6.07) is 0. The van der Waals surface area contributed by atoms with Gasteiger partial charge in [0, 0.05) is 12.2 Å². The lowest BCUT2D eigenvalue weighted by Gasteiger charge is -2.07. The molecule has 7 nitrogen and oxygen atoms in total. The van der Waals surface area contributed by atoms with E-state index in [2.05, 4.69) is 27.1 Å². The highest BCUT2D eigenvalue weighted by Crippen LogP contribution is 2.31. The number of carbonyl (C=O) groups is 2. The Morgan fingerprint density at radius 3 is 2.81 bits per heavy atom. The van der Waals surface area contributed by atoms with Crippen molar-refractivity contribution in [2.45, 2.75) is 37.3 Å². The number of ether oxygens (including phenoxy) is 1. The lowest BCUT2D eigenvalue weighted by Crippen LogP contribution is -2.15. The number of hydrogen-bond acceptors (Lipinski definition) is 8. The van der Waals surface area contributed by atoms with Crippen molar-refractivity contribution in [3.05, 3.63) is 35.2 Å². The second-order valence-electron chi connectivity index (χ2n) is 5.51. The van der Waals surface area contributed by atoms with Gasteiger partial charge in [-0.2, -0.15) is 0 Å². The molecule has 0 aromatic carbocycles. The summed E-state index contributed by atoms with van der Waals surface area (Å²) in [5.41, 5.74) is 2.11. The smallest absolute Gasteiger partial charge is 0.340 e. The predicted octanol–water partition coefficient (Wildman–Crippen LogP) is 3.62. The van der Waals surface area contributed by atoms with Crippen molar-refractivity contribution in [2.24, 2.45) is 0 Å². The number of Topliss-reactive ketones (excluding diaryl/α,β-unsaturated/α-hetero) is 1. The van der Waals surface area contributed by atoms with Gasteiger partial charge in [0.1, 0.15) is 0 Å². The van der Waals surface area contributed by atoms with Crippen LogP contribution in [-0.4, -0.2) is 45.3 Å². The SMILES string of the molecule is C=CCNc1nnc(S[C@@H](C)C(=O)c2[nH]c(C)c(C(=O)OCC)c2C)s1. The molecule has 140 valence electrons. The summed E-state index contributed by atoms with van der Waals surface area (Å²) < 4.78 is 5.77. The van der Waals surface area contributed by atoms with Crippen LogP contribution in [0.2, 0.25) is 0 Å². The minimum absolute atomic E-state index is 0.0954. The largest absolute Gasteiger partial charge is 0.462 e. The molecule has 0 aliphatic rings. The molecule has 0 radical (unpaired) electrons. The Bertz CT molecular complexity index is 813. The van der Waals surface area contributed by atoms with Gasteiger partial charge >= 0.3 is 5.97 Å². The number of anilines is 1. The van der Waals surface area contributed by atoms with Crippen molar-refractivity contribution in [1.82, 2.24) is 15.2 Å². The van der Waals surface area contributed by atoms with Crippen LogP contribution in [0.25, 0.3) is 0 Å². The summed E-state index contributed by atoms with van der Waals surface area (Å²) in [4.78, 5) is 27.9. The Labute approximate surface area is 160 Å². The first-order valence-corrected chi connectivity index (χ1v) is 9.84. The summed E-state index contributed by atoms with van der Waals surface area (Å²) in [5.74, 6) is -0.512. The molecular formula is C17H22N4O3S2. The fourth-order valence-corrected chi connectivity index (χ4v) is 4.36. The highest BCUT2D eigenvalue weighted by molar-refractivity contribution is 8.02. The molecule has 0 aliphatic carbocycles. The summed E-state index contributed by atoms with van der Waals surface area (Å²) in [6.07, 6.45) is 1.73. The molecule has 26 heavy (non-hydrogen) atoms. The molecule has 2 rings (SSSR count). The van der Waals surface area contributed by atoms with Crippen LogP contribution < -0.4 is 5.32 Å². The third-order valence-corrected chi connectivity index (χ3v) is 5.68. The molecule has 2 aromatic rings. The Balaban J connectivity index is 2.13. The van der Waals surface area contributed by atoms with E-state index in [0.717, 1.165) is 0 Å². The molecular weight excluding hydrogens is 372 g/mol. The third-order valence-electron chi connectivity index (χ3n) is 3.61. The first-order chi connectivity index (χ1) is 12.4. The third kappa shape index (κ3) is 4.53. The maximum absolute atomic E-state index is 12.8. The fourth-order valence-electron chi connectivity index (χ4n) is 2.40. The summed E-state index contributed by atoms with van der Waals surface area (Å²) in [6.45, 7) is 11.6. The molecule has 0 saturated heterocycles. The van der Waals surface area contributed by atoms with E-state index >= 15 is 0 Å². The van der Waals surface area contributed by atoms with Gasteiger partial charge in [-0.15, -0.1) is 16.8 Å². The number of nitrogens with zero attached hydrogens (tertiary/aromatic N) is 2. The predicted molar refractivity (Wildman–Crippen MR) is 104 cm³/mol. The van der Waals surface area contributed by atoms with E-state index in [1.165, 1.54) is 23.1 Å². The van der Waals surface area contributed by atoms with E-state index in [1.807, 2.05) is 6.92 Å². The second-order valence-corrected chi connectivity index (χ2v) is 8.08. The zero-order chi connectivity index (χ0) is 19.3. The monoisotopic (exact) mass is 394 g/mol. The second kappa shape index (κ2) is 9.00. The molecule has 0 aliphatic heterocycles. The maximum atomic E-state index is 12.8. The fraction of sp³-hybridized carbons (Fsp3) is 0.412. The minimum Gasteiger partial charge on any atom is -0.462 e. The Hall–Kier alpha value is -2.13. The van der Waals surface area contributed by atoms with Crippen LogP contribution >= 0.6 is 23.1 Å². The van der Waals surface area contributed by atoms with Gasteiger partial charge in [-0.05, 0) is 33.3 Å². The number of H-pyrrole nitrogens is 1. The number of esters is 1. The lowest BCUT2D eigenvalue weighted by atomic mass is 10.1. The zero-order valence-electron chi connectivity index (χ0n) is 15.2. The maximum Gasteiger partial charge on any atom is 0.340 e. The molecule has 0 amide bonds. The first kappa shape index (κ1) is 20.2. The van der Waals surface area contributed by atoms with Crippen molar-refractivity contribution < 1.29 is 14.3 Å². The average molecular weight is 395 g/mol. The van der Waals surface area contributed by atoms with E-state index in [4.69, 9.17) is 4.74 Å². The topological polar surface area (TPSA) is 97.0 Å². The first-order valence-electron chi connectivity index (χ1n) is 8.14. The van der Waals surface area contributed by atoms with Crippen molar-refractivity contribution in [1.29, 1.82) is 0 Å². The Kier molecular flexibility index (Phi) is 6.98. The van der Waals surface area contributed by atoms with E-state index < -0.39 is 5.97 Å². The number of thioether (sulfide) groups is 1. The van der Waals surface area contributed by atoms with E-state index in [-0.39, 0.29) is 17.6 Å². The average Bonchev–Trinajstić information content (AvgIpc) is 3.16. The molecule has 9 heteroatoms. The van der Waals surface area contributed by atoms with Crippen molar-refractivity contribution in [2.75, 3.05) is 18.5 Å². The lowest BCUT2D eigenvalue weighted by molar-refractivity contribution is 0.0525. The highest BCUT2D eigenvalue weighted by atomic mass is 32.2. The molecule has 1 atom stereocenters. The van der Waals surface area contributed by atoms with Crippen LogP contribution in [0, 0.1) is 13.8 Å². The van der Waals surface area contributed by atoms with Crippen LogP contribution in [0.1, 0.15) is 46.0 Å². The Morgan fingerprint density at radius 2 is 2.15 bits per heavy atom. The van der Waals surface area contributed by atoms with Crippen LogP contribution in [0.4, 0.5) is 5.13 Å². The molecule has 0 bridgehead atoms. The molecule has 0 spiro atoms. The molecule has 0 saturated carbocycles. The van der Waals surface area contributed by atoms with Gasteiger partial charge in [0.25, 0.3) is 0 Å². The van der Waals surface area contributed by atoms with Crippen molar-refractivity contribution >= 4 is 40.0 Å². The number of aromatic nitrogens is 3. The molecule has 0 unspecified atom stereocenters. The van der Waals surface area contributed by atoms with Crippen molar-refractivity contribution in [3.8, 4) is 0 Å². The number of aryl methyl sites for hydroxylation is 1. The number of ketones is 1. The summed E-state index contributed by atoms with van der Waals surface area (Å²) in [7, 11) is 0. The number of carbonyl (C=O) groups excluding carboxylic acids is 2. The van der Waals surface area contributed by atoms with Crippen LogP contribution in [0.15, 0.2) is 17.0 Å². The minimum atomic E-state index is -0.417. The highest BCUT2D eigenvalue weighted by Gasteiger charge is 2.26. The van der Waals surface area contributed by atoms with Gasteiger partial charge in [0.05, 0.1) is 23.1 Å². The van der Waals surface area contributed by atoms with Gasteiger partial charge in [-0.25, -0.2) is 4.79 Å². The standard InChI is InChI=1S/C17H22N4O3S2/c1-6-8-18-16-20-21-17(26-16)25-11(5)14(22)13-9(3)12(10(4)19-13)15(23)24-7-2/h6,11,19H,1,7-8H2,2-5H3,(H,18,20)/t11-/m0/s1. The van der Waals surface area contributed by atoms with Gasteiger partial charge < -0.3 is 15.0 Å². The van der Waals surface area contributed by atoms with E-state index in [0.29, 0.717) is 38.5 Å². The van der Waals surface area contributed by atoms with Crippen LogP contribution in [0.5, 0.6) is 0 Å². The number of rotatable bonds is 9. The number of hydrogen-bond donors (Lipinski definition) is 2. The van der Waals surface area contributed by atoms with Crippen molar-refractivity contribution in [3.63, 3.8) is 0 Å². The zero-order valence-corrected chi connectivity index (χ0v) is 16.8. The number of nitrogens with one attached hydrogen (secondary N) is 2. The van der Waals surface area contributed by atoms with Crippen LogP contribution in [0.3, 0.4) is 0 Å². The van der Waals surface area contributed by atoms with Gasteiger partial charge in [-0.3, -0.25) is 4.79 Å². The summed E-state index contributed by atoms with van der Waals surface area (Å²) >= 11 is 2.72. The molecule has 0 fully saturated rings. The van der Waals surface area contributed by atoms with Gasteiger partial charge in [0.15, 0.2) is 10.1 Å². The van der Waals surface area contributed by atoms with Gasteiger partial charge in [-0.1, -0.05) is 29.2 Å². The summed E-state index contributed by atoms with van der Waals surface area (Å²) in [5, 5.41) is 11.5. The molecule has 2 N–H and O–H groups in total. The van der Waals surface area contributed by atoms with Gasteiger partial charge in [0.2, 0.25) is 5.13 Å². The van der Waals surface area contributed by atoms with Crippen LogP contribution in [-0.2, 0) is 4.74 Å². The Morgan fingerprint density at radius 1 is 1.42 bits per heavy atom. The quantitative estimate of drug-likeness (QED) is 0.290.